The molecule has 0 spiro atoms. The normalized spacial score (nSPS) is 10.6. The maximum atomic E-state index is 12.9. The highest BCUT2D eigenvalue weighted by Crippen LogP contribution is 2.25. The Labute approximate surface area is 156 Å². The molecule has 0 radical (unpaired) electrons. The molecule has 0 unspecified atom stereocenters. The van der Waals surface area contributed by atoms with Crippen LogP contribution < -0.4 is 10.1 Å². The highest BCUT2D eigenvalue weighted by Gasteiger charge is 2.20. The summed E-state index contributed by atoms with van der Waals surface area (Å²) in [6.45, 7) is 0. The molecule has 1 amide bonds. The topological polar surface area (TPSA) is 69.3 Å². The summed E-state index contributed by atoms with van der Waals surface area (Å²) < 4.78 is 12.3. The van der Waals surface area contributed by atoms with E-state index in [0.717, 1.165) is 11.4 Å². The van der Waals surface area contributed by atoms with Gasteiger partial charge in [-0.3, -0.25) is 4.79 Å². The van der Waals surface area contributed by atoms with Crippen molar-refractivity contribution in [1.82, 2.24) is 9.78 Å². The van der Waals surface area contributed by atoms with Gasteiger partial charge in [0.05, 0.1) is 24.6 Å². The van der Waals surface area contributed by atoms with Gasteiger partial charge in [-0.25, -0.2) is 4.68 Å². The van der Waals surface area contributed by atoms with Crippen molar-refractivity contribution in [2.45, 2.75) is 0 Å². The van der Waals surface area contributed by atoms with E-state index in [1.165, 1.54) is 0 Å². The summed E-state index contributed by atoms with van der Waals surface area (Å²) in [6.07, 6.45) is 3.26. The maximum absolute atomic E-state index is 12.9. The van der Waals surface area contributed by atoms with Crippen molar-refractivity contribution in [3.8, 4) is 22.9 Å². The average molecular weight is 359 g/mol. The van der Waals surface area contributed by atoms with Crippen molar-refractivity contribution >= 4 is 11.6 Å². The molecule has 0 aliphatic carbocycles. The first kappa shape index (κ1) is 16.7. The summed E-state index contributed by atoms with van der Waals surface area (Å²) in [5, 5.41) is 7.44. The predicted octanol–water partition coefficient (Wildman–Crippen LogP) is 4.39. The molecule has 1 N–H and O–H groups in total. The Morgan fingerprint density at radius 1 is 1.04 bits per heavy atom. The number of furan rings is 1. The number of ether oxygens (including phenoxy) is 1. The number of amides is 1. The summed E-state index contributed by atoms with van der Waals surface area (Å²) >= 11 is 0. The molecule has 6 heteroatoms. The zero-order valence-electron chi connectivity index (χ0n) is 14.6. The second kappa shape index (κ2) is 7.21. The second-order valence-corrected chi connectivity index (χ2v) is 5.83. The van der Waals surface area contributed by atoms with Gasteiger partial charge in [0.15, 0.2) is 5.76 Å². The van der Waals surface area contributed by atoms with E-state index in [-0.39, 0.29) is 5.91 Å². The van der Waals surface area contributed by atoms with Gasteiger partial charge in [-0.15, -0.1) is 0 Å². The molecule has 2 aromatic heterocycles. The molecule has 0 aliphatic heterocycles. The van der Waals surface area contributed by atoms with E-state index in [4.69, 9.17) is 9.15 Å². The van der Waals surface area contributed by atoms with Gasteiger partial charge in [0.1, 0.15) is 11.4 Å². The summed E-state index contributed by atoms with van der Waals surface area (Å²) in [7, 11) is 1.60. The first-order chi connectivity index (χ1) is 13.2. The number of hydrogen-bond acceptors (Lipinski definition) is 4. The van der Waals surface area contributed by atoms with Crippen LogP contribution in [0.3, 0.4) is 0 Å². The number of anilines is 1. The maximum Gasteiger partial charge on any atom is 0.259 e. The predicted molar refractivity (Wildman–Crippen MR) is 102 cm³/mol. The lowest BCUT2D eigenvalue weighted by molar-refractivity contribution is 0.102. The summed E-state index contributed by atoms with van der Waals surface area (Å²) in [5.41, 5.74) is 2.42. The van der Waals surface area contributed by atoms with E-state index >= 15 is 0 Å². The van der Waals surface area contributed by atoms with Crippen LogP contribution in [0, 0.1) is 0 Å². The average Bonchev–Trinajstić information content (AvgIpc) is 3.39. The molecular weight excluding hydrogens is 342 g/mol. The minimum Gasteiger partial charge on any atom is -0.497 e. The Morgan fingerprint density at radius 2 is 1.81 bits per heavy atom. The Bertz CT molecular complexity index is 1040. The van der Waals surface area contributed by atoms with E-state index in [1.54, 1.807) is 60.6 Å². The van der Waals surface area contributed by atoms with Gasteiger partial charge in [-0.05, 0) is 48.5 Å². The van der Waals surface area contributed by atoms with Gasteiger partial charge < -0.3 is 14.5 Å². The SMILES string of the molecule is COc1ccc(NC(=O)c2cn(-c3ccccc3)nc2-c2ccco2)cc1. The van der Waals surface area contributed by atoms with Gasteiger partial charge in [0.2, 0.25) is 0 Å². The molecule has 4 aromatic rings. The van der Waals surface area contributed by atoms with Crippen LogP contribution in [-0.4, -0.2) is 22.8 Å². The first-order valence-electron chi connectivity index (χ1n) is 8.39. The number of aromatic nitrogens is 2. The zero-order chi connectivity index (χ0) is 18.6. The molecule has 0 saturated carbocycles. The Balaban J connectivity index is 1.69. The van der Waals surface area contributed by atoms with E-state index in [2.05, 4.69) is 10.4 Å². The fourth-order valence-electron chi connectivity index (χ4n) is 2.72. The number of carbonyl (C=O) groups excluding carboxylic acids is 1. The first-order valence-corrected chi connectivity index (χ1v) is 8.39. The van der Waals surface area contributed by atoms with Crippen LogP contribution in [0.1, 0.15) is 10.4 Å². The fraction of sp³-hybridized carbons (Fsp3) is 0.0476. The molecule has 27 heavy (non-hydrogen) atoms. The summed E-state index contributed by atoms with van der Waals surface area (Å²) in [5.74, 6) is 0.986. The Hall–Kier alpha value is -3.80. The van der Waals surface area contributed by atoms with Crippen molar-refractivity contribution in [3.63, 3.8) is 0 Å². The third kappa shape index (κ3) is 3.46. The molecule has 6 nitrogen and oxygen atoms in total. The monoisotopic (exact) mass is 359 g/mol. The van der Waals surface area contributed by atoms with E-state index in [9.17, 15) is 4.79 Å². The van der Waals surface area contributed by atoms with Crippen molar-refractivity contribution < 1.29 is 13.9 Å². The molecule has 0 aliphatic rings. The van der Waals surface area contributed by atoms with Crippen LogP contribution in [-0.2, 0) is 0 Å². The molecule has 0 fully saturated rings. The van der Waals surface area contributed by atoms with Crippen molar-refractivity contribution in [3.05, 3.63) is 84.8 Å². The molecular formula is C21H17N3O3. The smallest absolute Gasteiger partial charge is 0.259 e. The molecule has 4 rings (SSSR count). The van der Waals surface area contributed by atoms with Gasteiger partial charge in [-0.1, -0.05) is 18.2 Å². The Morgan fingerprint density at radius 3 is 2.48 bits per heavy atom. The van der Waals surface area contributed by atoms with Crippen LogP contribution in [0.25, 0.3) is 17.1 Å². The summed E-state index contributed by atoms with van der Waals surface area (Å²) in [6, 6.07) is 20.3. The molecule has 2 heterocycles. The number of hydrogen-bond donors (Lipinski definition) is 1. The van der Waals surface area contributed by atoms with E-state index in [1.807, 2.05) is 30.3 Å². The van der Waals surface area contributed by atoms with Gasteiger partial charge in [0.25, 0.3) is 5.91 Å². The lowest BCUT2D eigenvalue weighted by atomic mass is 10.2. The number of methoxy groups -OCH3 is 1. The highest BCUT2D eigenvalue weighted by atomic mass is 16.5. The lowest BCUT2D eigenvalue weighted by Crippen LogP contribution is -2.12. The number of nitrogens with zero attached hydrogens (tertiary/aromatic N) is 2. The number of rotatable bonds is 5. The number of nitrogens with one attached hydrogen (secondary N) is 1. The molecule has 0 saturated heterocycles. The lowest BCUT2D eigenvalue weighted by Gasteiger charge is -2.05. The van der Waals surface area contributed by atoms with Crippen LogP contribution in [0.5, 0.6) is 5.75 Å². The van der Waals surface area contributed by atoms with Crippen LogP contribution >= 0.6 is 0 Å². The van der Waals surface area contributed by atoms with Gasteiger partial charge in [-0.2, -0.15) is 5.10 Å². The van der Waals surface area contributed by atoms with Gasteiger partial charge >= 0.3 is 0 Å². The summed E-state index contributed by atoms with van der Waals surface area (Å²) in [4.78, 5) is 12.9. The molecule has 0 bridgehead atoms. The quantitative estimate of drug-likeness (QED) is 0.574. The zero-order valence-corrected chi connectivity index (χ0v) is 14.6. The largest absolute Gasteiger partial charge is 0.497 e. The molecule has 0 atom stereocenters. The van der Waals surface area contributed by atoms with Crippen molar-refractivity contribution in [2.75, 3.05) is 12.4 Å². The molecule has 2 aromatic carbocycles. The van der Waals surface area contributed by atoms with Crippen LogP contribution in [0.15, 0.2) is 83.6 Å². The van der Waals surface area contributed by atoms with Crippen LogP contribution in [0.4, 0.5) is 5.69 Å². The standard InChI is InChI=1S/C21H17N3O3/c1-26-17-11-9-15(10-12-17)22-21(25)18-14-24(16-6-3-2-4-7-16)23-20(18)19-8-5-13-27-19/h2-14H,1H3,(H,22,25). The third-order valence-electron chi connectivity index (χ3n) is 4.08. The second-order valence-electron chi connectivity index (χ2n) is 5.83. The van der Waals surface area contributed by atoms with Crippen molar-refractivity contribution in [2.24, 2.45) is 0 Å². The van der Waals surface area contributed by atoms with E-state index < -0.39 is 0 Å². The fourth-order valence-corrected chi connectivity index (χ4v) is 2.72. The van der Waals surface area contributed by atoms with Crippen LogP contribution in [0.2, 0.25) is 0 Å². The highest BCUT2D eigenvalue weighted by molar-refractivity contribution is 6.07. The third-order valence-corrected chi connectivity index (χ3v) is 4.08. The number of carbonyl (C=O) groups is 1. The Kier molecular flexibility index (Phi) is 4.45. The number of para-hydroxylation sites is 1. The van der Waals surface area contributed by atoms with Crippen molar-refractivity contribution in [1.29, 1.82) is 0 Å². The minimum atomic E-state index is -0.270. The van der Waals surface area contributed by atoms with Gasteiger partial charge in [0, 0.05) is 11.9 Å². The molecule has 134 valence electrons. The van der Waals surface area contributed by atoms with E-state index in [0.29, 0.717) is 22.7 Å². The minimum absolute atomic E-state index is 0.270. The number of benzene rings is 2.